The van der Waals surface area contributed by atoms with Crippen LogP contribution in [0.15, 0.2) is 0 Å². The summed E-state index contributed by atoms with van der Waals surface area (Å²) in [6.07, 6.45) is -8.63. The fourth-order valence-electron chi connectivity index (χ4n) is 1.00. The molecule has 0 aliphatic carbocycles. The normalized spacial score (nSPS) is 21.5. The Morgan fingerprint density at radius 1 is 0.867 bits per heavy atom. The lowest BCUT2D eigenvalue weighted by Gasteiger charge is -2.27. The Kier molecular flexibility index (Phi) is 6.57. The molecule has 0 aromatic heterocycles. The monoisotopic (exact) mass is 224 g/mol. The lowest BCUT2D eigenvalue weighted by molar-refractivity contribution is -0.142. The highest BCUT2D eigenvalue weighted by Gasteiger charge is 2.33. The fourth-order valence-corrected chi connectivity index (χ4v) is 1.00. The molecule has 0 aliphatic rings. The van der Waals surface area contributed by atoms with Gasteiger partial charge in [0.25, 0.3) is 0 Å². The van der Waals surface area contributed by atoms with Crippen LogP contribution >= 0.6 is 0 Å². The summed E-state index contributed by atoms with van der Waals surface area (Å²) in [6, 6.07) is 0. The van der Waals surface area contributed by atoms with Crippen molar-refractivity contribution in [3.63, 3.8) is 0 Å². The average Bonchev–Trinajstić information content (AvgIpc) is 2.25. The molecule has 0 spiro atoms. The molecule has 0 saturated carbocycles. The van der Waals surface area contributed by atoms with Crippen LogP contribution < -0.4 is 0 Å². The van der Waals surface area contributed by atoms with Crippen molar-refractivity contribution in [2.24, 2.45) is 0 Å². The first-order valence-electron chi connectivity index (χ1n) is 4.40. The van der Waals surface area contributed by atoms with Crippen LogP contribution in [0.2, 0.25) is 0 Å². The topological polar surface area (TPSA) is 138 Å². The standard InChI is InChI=1S/C8H16O7/c9-2-1-4(11)6(13)8(15)7(14)5(12)3-10/h2,4-8,10-15H,1,3H2/t4?,5-,6-,7-,8-/m1/s1. The maximum absolute atomic E-state index is 10.00. The van der Waals surface area contributed by atoms with Crippen LogP contribution in [0.4, 0.5) is 0 Å². The third-order valence-corrected chi connectivity index (χ3v) is 2.01. The van der Waals surface area contributed by atoms with Crippen molar-refractivity contribution in [2.45, 2.75) is 36.9 Å². The maximum atomic E-state index is 10.00. The Labute approximate surface area is 86.2 Å². The van der Waals surface area contributed by atoms with Gasteiger partial charge in [0.1, 0.15) is 30.7 Å². The number of aliphatic hydroxyl groups excluding tert-OH is 6. The number of carbonyl (C=O) groups excluding carboxylic acids is 1. The highest BCUT2D eigenvalue weighted by molar-refractivity contribution is 5.50. The van der Waals surface area contributed by atoms with E-state index in [-0.39, 0.29) is 0 Å². The van der Waals surface area contributed by atoms with Gasteiger partial charge in [0, 0.05) is 6.42 Å². The number of aldehydes is 1. The van der Waals surface area contributed by atoms with Crippen molar-refractivity contribution < 1.29 is 35.4 Å². The van der Waals surface area contributed by atoms with Gasteiger partial charge in [0.05, 0.1) is 12.7 Å². The molecule has 0 heterocycles. The van der Waals surface area contributed by atoms with Crippen molar-refractivity contribution in [3.8, 4) is 0 Å². The maximum Gasteiger partial charge on any atom is 0.122 e. The summed E-state index contributed by atoms with van der Waals surface area (Å²) >= 11 is 0. The molecule has 0 rings (SSSR count). The molecule has 6 N–H and O–H groups in total. The zero-order chi connectivity index (χ0) is 12.0. The third-order valence-electron chi connectivity index (χ3n) is 2.01. The van der Waals surface area contributed by atoms with Crippen molar-refractivity contribution >= 4 is 6.29 Å². The Balaban J connectivity index is 4.28. The van der Waals surface area contributed by atoms with Gasteiger partial charge in [-0.25, -0.2) is 0 Å². The number of aliphatic hydroxyl groups is 6. The van der Waals surface area contributed by atoms with Crippen LogP contribution in [0.3, 0.4) is 0 Å². The molecule has 15 heavy (non-hydrogen) atoms. The Hall–Kier alpha value is -0.570. The summed E-state index contributed by atoms with van der Waals surface area (Å²) in [5.41, 5.74) is 0. The first kappa shape index (κ1) is 14.4. The lowest BCUT2D eigenvalue weighted by Crippen LogP contribution is -2.50. The van der Waals surface area contributed by atoms with Gasteiger partial charge in [-0.05, 0) is 0 Å². The van der Waals surface area contributed by atoms with Crippen LogP contribution in [0.25, 0.3) is 0 Å². The van der Waals surface area contributed by atoms with Gasteiger partial charge < -0.3 is 35.4 Å². The van der Waals surface area contributed by atoms with E-state index in [9.17, 15) is 15.0 Å². The van der Waals surface area contributed by atoms with Crippen molar-refractivity contribution in [1.29, 1.82) is 0 Å². The minimum atomic E-state index is -1.85. The molecule has 1 unspecified atom stereocenters. The summed E-state index contributed by atoms with van der Waals surface area (Å²) in [5.74, 6) is 0. The summed E-state index contributed by atoms with van der Waals surface area (Å²) in [4.78, 5) is 10.00. The zero-order valence-electron chi connectivity index (χ0n) is 7.97. The van der Waals surface area contributed by atoms with Gasteiger partial charge in [-0.1, -0.05) is 0 Å². The highest BCUT2D eigenvalue weighted by Crippen LogP contribution is 2.09. The molecule has 7 heteroatoms. The Bertz CT molecular complexity index is 186. The largest absolute Gasteiger partial charge is 0.394 e. The highest BCUT2D eigenvalue weighted by atomic mass is 16.4. The van der Waals surface area contributed by atoms with Gasteiger partial charge >= 0.3 is 0 Å². The predicted molar refractivity (Wildman–Crippen MR) is 47.8 cm³/mol. The van der Waals surface area contributed by atoms with E-state index < -0.39 is 43.5 Å². The lowest BCUT2D eigenvalue weighted by atomic mass is 9.98. The Morgan fingerprint density at radius 2 is 1.33 bits per heavy atom. The molecule has 5 atom stereocenters. The van der Waals surface area contributed by atoms with Gasteiger partial charge in [0.15, 0.2) is 0 Å². The van der Waals surface area contributed by atoms with Gasteiger partial charge in [-0.15, -0.1) is 0 Å². The number of carbonyl (C=O) groups is 1. The second-order valence-corrected chi connectivity index (χ2v) is 3.19. The number of hydrogen-bond acceptors (Lipinski definition) is 7. The molecule has 0 aliphatic heterocycles. The van der Waals surface area contributed by atoms with Gasteiger partial charge in [0.2, 0.25) is 0 Å². The van der Waals surface area contributed by atoms with Crippen LogP contribution in [0.5, 0.6) is 0 Å². The predicted octanol–water partition coefficient (Wildman–Crippen LogP) is -3.63. The van der Waals surface area contributed by atoms with Crippen LogP contribution in [0, 0.1) is 0 Å². The van der Waals surface area contributed by atoms with Crippen LogP contribution in [-0.4, -0.2) is 74.1 Å². The minimum absolute atomic E-state index is 0.343. The van der Waals surface area contributed by atoms with Crippen molar-refractivity contribution in [2.75, 3.05) is 6.61 Å². The first-order valence-corrected chi connectivity index (χ1v) is 4.40. The molecule has 0 radical (unpaired) electrons. The molecule has 0 fully saturated rings. The summed E-state index contributed by atoms with van der Waals surface area (Å²) in [7, 11) is 0. The molecular formula is C8H16O7. The fraction of sp³-hybridized carbons (Fsp3) is 0.875. The number of hydrogen-bond donors (Lipinski definition) is 6. The SMILES string of the molecule is O=CCC(O)[C@@H](O)[C@@H](O)[C@H](O)[C@H](O)CO. The molecule has 7 nitrogen and oxygen atoms in total. The van der Waals surface area contributed by atoms with E-state index in [4.69, 9.17) is 20.4 Å². The van der Waals surface area contributed by atoms with E-state index in [0.29, 0.717) is 6.29 Å². The van der Waals surface area contributed by atoms with E-state index in [1.165, 1.54) is 0 Å². The van der Waals surface area contributed by atoms with Crippen LogP contribution in [-0.2, 0) is 4.79 Å². The number of rotatable bonds is 7. The molecular weight excluding hydrogens is 208 g/mol. The summed E-state index contributed by atoms with van der Waals surface area (Å²) < 4.78 is 0. The molecule has 0 amide bonds. The van der Waals surface area contributed by atoms with E-state index in [0.717, 1.165) is 0 Å². The summed E-state index contributed by atoms with van der Waals surface area (Å²) in [6.45, 7) is -0.797. The first-order chi connectivity index (χ1) is 6.95. The Morgan fingerprint density at radius 3 is 1.73 bits per heavy atom. The van der Waals surface area contributed by atoms with Gasteiger partial charge in [-0.2, -0.15) is 0 Å². The van der Waals surface area contributed by atoms with Crippen molar-refractivity contribution in [1.82, 2.24) is 0 Å². The quantitative estimate of drug-likeness (QED) is 0.245. The van der Waals surface area contributed by atoms with E-state index in [1.807, 2.05) is 0 Å². The van der Waals surface area contributed by atoms with Crippen molar-refractivity contribution in [3.05, 3.63) is 0 Å². The van der Waals surface area contributed by atoms with Gasteiger partial charge in [-0.3, -0.25) is 0 Å². The average molecular weight is 224 g/mol. The molecule has 0 aromatic rings. The smallest absolute Gasteiger partial charge is 0.122 e. The van der Waals surface area contributed by atoms with E-state index in [2.05, 4.69) is 0 Å². The second kappa shape index (κ2) is 6.83. The van der Waals surface area contributed by atoms with E-state index >= 15 is 0 Å². The summed E-state index contributed by atoms with van der Waals surface area (Å²) in [5, 5.41) is 54.1. The third kappa shape index (κ3) is 4.20. The molecule has 0 saturated heterocycles. The second-order valence-electron chi connectivity index (χ2n) is 3.19. The molecule has 0 bridgehead atoms. The minimum Gasteiger partial charge on any atom is -0.394 e. The van der Waals surface area contributed by atoms with E-state index in [1.54, 1.807) is 0 Å². The zero-order valence-corrected chi connectivity index (χ0v) is 7.97. The molecule has 90 valence electrons. The molecule has 0 aromatic carbocycles. The van der Waals surface area contributed by atoms with Crippen LogP contribution in [0.1, 0.15) is 6.42 Å².